The molecule has 0 saturated carbocycles. The molecule has 6 nitrogen and oxygen atoms in total. The molecule has 0 aliphatic rings. The van der Waals surface area contributed by atoms with Crippen molar-refractivity contribution in [1.29, 1.82) is 0 Å². The monoisotopic (exact) mass is 336 g/mol. The molecular weight excluding hydrogens is 320 g/mol. The minimum atomic E-state index is -3.59. The summed E-state index contributed by atoms with van der Waals surface area (Å²) in [5.41, 5.74) is 1.92. The van der Waals surface area contributed by atoms with E-state index in [1.165, 1.54) is 15.6 Å². The first-order valence-electron chi connectivity index (χ1n) is 6.72. The van der Waals surface area contributed by atoms with E-state index in [1.54, 1.807) is 20.9 Å². The Morgan fingerprint density at radius 1 is 1.27 bits per heavy atom. The van der Waals surface area contributed by atoms with Gasteiger partial charge in [-0.1, -0.05) is 12.1 Å². The van der Waals surface area contributed by atoms with Crippen molar-refractivity contribution in [2.75, 3.05) is 7.05 Å². The van der Waals surface area contributed by atoms with Crippen LogP contribution in [-0.2, 0) is 16.6 Å². The second-order valence-electron chi connectivity index (χ2n) is 5.10. The first kappa shape index (κ1) is 15.1. The van der Waals surface area contributed by atoms with Crippen molar-refractivity contribution in [3.8, 4) is 0 Å². The van der Waals surface area contributed by atoms with Crippen LogP contribution in [0.2, 0.25) is 0 Å². The number of aromatic amines is 1. The van der Waals surface area contributed by atoms with Gasteiger partial charge in [0.25, 0.3) is 0 Å². The Labute approximate surface area is 132 Å². The molecule has 116 valence electrons. The van der Waals surface area contributed by atoms with Gasteiger partial charge in [-0.25, -0.2) is 13.4 Å². The number of aryl methyl sites for hydroxylation is 2. The average Bonchev–Trinajstić information content (AvgIpc) is 3.01. The topological polar surface area (TPSA) is 79.0 Å². The summed E-state index contributed by atoms with van der Waals surface area (Å²) >= 11 is 1.51. The summed E-state index contributed by atoms with van der Waals surface area (Å²) in [5, 5.41) is 7.45. The van der Waals surface area contributed by atoms with E-state index in [0.717, 1.165) is 15.2 Å². The van der Waals surface area contributed by atoms with Crippen molar-refractivity contribution < 1.29 is 8.42 Å². The van der Waals surface area contributed by atoms with E-state index in [4.69, 9.17) is 0 Å². The van der Waals surface area contributed by atoms with E-state index >= 15 is 0 Å². The van der Waals surface area contributed by atoms with Gasteiger partial charge < -0.3 is 0 Å². The zero-order valence-corrected chi connectivity index (χ0v) is 14.1. The van der Waals surface area contributed by atoms with E-state index in [-0.39, 0.29) is 11.4 Å². The van der Waals surface area contributed by atoms with Crippen LogP contribution in [0.25, 0.3) is 10.2 Å². The molecule has 0 amide bonds. The molecule has 0 aliphatic heterocycles. The van der Waals surface area contributed by atoms with Crippen LogP contribution in [0.15, 0.2) is 29.2 Å². The predicted molar refractivity (Wildman–Crippen MR) is 86.3 cm³/mol. The summed E-state index contributed by atoms with van der Waals surface area (Å²) in [6, 6.07) is 7.77. The van der Waals surface area contributed by atoms with Crippen LogP contribution in [0.3, 0.4) is 0 Å². The van der Waals surface area contributed by atoms with Gasteiger partial charge in [-0.3, -0.25) is 5.10 Å². The van der Waals surface area contributed by atoms with Crippen molar-refractivity contribution in [1.82, 2.24) is 19.5 Å². The smallest absolute Gasteiger partial charge is 0.246 e. The van der Waals surface area contributed by atoms with Gasteiger partial charge in [0.1, 0.15) is 9.90 Å². The number of hydrogen-bond acceptors (Lipinski definition) is 5. The van der Waals surface area contributed by atoms with E-state index in [9.17, 15) is 8.42 Å². The van der Waals surface area contributed by atoms with Crippen LogP contribution in [0.1, 0.15) is 16.4 Å². The Kier molecular flexibility index (Phi) is 3.75. The van der Waals surface area contributed by atoms with Crippen molar-refractivity contribution in [3.63, 3.8) is 0 Å². The number of hydrogen-bond donors (Lipinski definition) is 1. The number of sulfonamides is 1. The fraction of sp³-hybridized carbons (Fsp3) is 0.286. The Hall–Kier alpha value is -1.77. The highest BCUT2D eigenvalue weighted by molar-refractivity contribution is 7.89. The highest BCUT2D eigenvalue weighted by Gasteiger charge is 2.27. The molecule has 0 unspecified atom stereocenters. The molecule has 2 aromatic heterocycles. The molecule has 0 radical (unpaired) electrons. The molecule has 0 fully saturated rings. The van der Waals surface area contributed by atoms with Gasteiger partial charge in [-0.15, -0.1) is 11.3 Å². The Morgan fingerprint density at radius 2 is 2.00 bits per heavy atom. The molecule has 1 N–H and O–H groups in total. The number of benzene rings is 1. The number of rotatable bonds is 4. The average molecular weight is 336 g/mol. The number of H-pyrrole nitrogens is 1. The summed E-state index contributed by atoms with van der Waals surface area (Å²) < 4.78 is 27.8. The number of thiazole rings is 1. The molecule has 0 aliphatic carbocycles. The minimum absolute atomic E-state index is 0.242. The zero-order chi connectivity index (χ0) is 15.9. The molecule has 8 heteroatoms. The maximum Gasteiger partial charge on any atom is 0.246 e. The lowest BCUT2D eigenvalue weighted by Gasteiger charge is -2.15. The fourth-order valence-corrected chi connectivity index (χ4v) is 4.90. The first-order valence-corrected chi connectivity index (χ1v) is 8.97. The van der Waals surface area contributed by atoms with Crippen molar-refractivity contribution in [3.05, 3.63) is 40.7 Å². The second-order valence-corrected chi connectivity index (χ2v) is 8.20. The Bertz CT molecular complexity index is 875. The van der Waals surface area contributed by atoms with Gasteiger partial charge in [-0.05, 0) is 26.0 Å². The van der Waals surface area contributed by atoms with E-state index in [2.05, 4.69) is 15.2 Å². The summed E-state index contributed by atoms with van der Waals surface area (Å²) in [5.74, 6) is 0. The highest BCUT2D eigenvalue weighted by Crippen LogP contribution is 2.26. The first-order chi connectivity index (χ1) is 10.4. The number of fused-ring (bicyclic) bond motifs is 1. The molecule has 22 heavy (non-hydrogen) atoms. The number of aromatic nitrogens is 3. The number of nitrogens with zero attached hydrogens (tertiary/aromatic N) is 3. The summed E-state index contributed by atoms with van der Waals surface area (Å²) in [6.07, 6.45) is 0. The quantitative estimate of drug-likeness (QED) is 0.794. The van der Waals surface area contributed by atoms with Crippen molar-refractivity contribution in [2.24, 2.45) is 0 Å². The van der Waals surface area contributed by atoms with Gasteiger partial charge in [-0.2, -0.15) is 9.40 Å². The molecule has 1 aromatic carbocycles. The third-order valence-electron chi connectivity index (χ3n) is 3.42. The largest absolute Gasteiger partial charge is 0.281 e. The molecule has 0 atom stereocenters. The lowest BCUT2D eigenvalue weighted by atomic mass is 10.3. The highest BCUT2D eigenvalue weighted by atomic mass is 32.2. The maximum absolute atomic E-state index is 12.7. The van der Waals surface area contributed by atoms with Crippen molar-refractivity contribution in [2.45, 2.75) is 25.3 Å². The van der Waals surface area contributed by atoms with Crippen LogP contribution in [-0.4, -0.2) is 35.0 Å². The lowest BCUT2D eigenvalue weighted by Crippen LogP contribution is -2.27. The lowest BCUT2D eigenvalue weighted by molar-refractivity contribution is 0.465. The van der Waals surface area contributed by atoms with E-state index in [1.807, 2.05) is 24.3 Å². The molecule has 0 saturated heterocycles. The summed E-state index contributed by atoms with van der Waals surface area (Å²) in [6.45, 7) is 3.63. The van der Waals surface area contributed by atoms with Gasteiger partial charge in [0.05, 0.1) is 28.1 Å². The molecule has 2 heterocycles. The molecule has 3 aromatic rings. The maximum atomic E-state index is 12.7. The van der Waals surface area contributed by atoms with Crippen molar-refractivity contribution >= 4 is 31.6 Å². The van der Waals surface area contributed by atoms with Gasteiger partial charge in [0.15, 0.2) is 0 Å². The van der Waals surface area contributed by atoms with Crippen LogP contribution in [0.4, 0.5) is 0 Å². The van der Waals surface area contributed by atoms with Crippen LogP contribution in [0, 0.1) is 13.8 Å². The predicted octanol–water partition coefficient (Wildman–Crippen LogP) is 2.46. The SMILES string of the molecule is Cc1n[nH]c(C)c1S(=O)(=O)N(C)Cc1nc2ccccc2s1. The molecule has 0 spiro atoms. The summed E-state index contributed by atoms with van der Waals surface area (Å²) in [7, 11) is -2.02. The number of para-hydroxylation sites is 1. The summed E-state index contributed by atoms with van der Waals surface area (Å²) in [4.78, 5) is 4.73. The fourth-order valence-electron chi connectivity index (χ4n) is 2.34. The minimum Gasteiger partial charge on any atom is -0.281 e. The van der Waals surface area contributed by atoms with Crippen LogP contribution in [0.5, 0.6) is 0 Å². The van der Waals surface area contributed by atoms with Gasteiger partial charge in [0, 0.05) is 7.05 Å². The zero-order valence-electron chi connectivity index (χ0n) is 12.5. The normalized spacial score (nSPS) is 12.4. The Balaban J connectivity index is 1.92. The third-order valence-corrected chi connectivity index (χ3v) is 6.51. The van der Waals surface area contributed by atoms with Gasteiger partial charge >= 0.3 is 0 Å². The Morgan fingerprint density at radius 3 is 2.64 bits per heavy atom. The standard InChI is InChI=1S/C14H16N4O2S2/c1-9-14(10(2)17-16-9)22(19,20)18(3)8-13-15-11-6-4-5-7-12(11)21-13/h4-7H,8H2,1-3H3,(H,16,17). The van der Waals surface area contributed by atoms with E-state index in [0.29, 0.717) is 11.4 Å². The van der Waals surface area contributed by atoms with Gasteiger partial charge in [0.2, 0.25) is 10.0 Å². The van der Waals surface area contributed by atoms with Crippen LogP contribution < -0.4 is 0 Å². The third kappa shape index (κ3) is 2.53. The second kappa shape index (κ2) is 5.45. The molecular formula is C14H16N4O2S2. The molecule has 0 bridgehead atoms. The molecule has 3 rings (SSSR count). The van der Waals surface area contributed by atoms with E-state index < -0.39 is 10.0 Å². The van der Waals surface area contributed by atoms with Crippen LogP contribution >= 0.6 is 11.3 Å². The number of nitrogens with one attached hydrogen (secondary N) is 1.